The number of hydrogen-bond donors (Lipinski definition) is 1. The molecule has 1 aromatic heterocycles. The molecular weight excluding hydrogens is 214 g/mol. The van der Waals surface area contributed by atoms with Crippen LogP contribution in [0.25, 0.3) is 0 Å². The molecule has 4 nitrogen and oxygen atoms in total. The highest BCUT2D eigenvalue weighted by Crippen LogP contribution is 2.26. The van der Waals surface area contributed by atoms with Crippen LogP contribution in [-0.2, 0) is 6.54 Å². The number of rotatable bonds is 4. The van der Waals surface area contributed by atoms with Crippen LogP contribution < -0.4 is 10.5 Å². The number of likely N-dealkylation sites (tertiary alicyclic amines) is 1. The summed E-state index contributed by atoms with van der Waals surface area (Å²) in [5.74, 6) is 1.36. The monoisotopic (exact) mass is 235 g/mol. The average Bonchev–Trinajstić information content (AvgIpc) is 2.71. The summed E-state index contributed by atoms with van der Waals surface area (Å²) in [7, 11) is 1.67. The minimum Gasteiger partial charge on any atom is -0.481 e. The quantitative estimate of drug-likeness (QED) is 0.853. The third-order valence-corrected chi connectivity index (χ3v) is 3.54. The van der Waals surface area contributed by atoms with E-state index in [-0.39, 0.29) is 0 Å². The third kappa shape index (κ3) is 2.76. The van der Waals surface area contributed by atoms with Crippen molar-refractivity contribution >= 4 is 0 Å². The van der Waals surface area contributed by atoms with Crippen LogP contribution in [0.2, 0.25) is 0 Å². The Hall–Kier alpha value is -1.13. The van der Waals surface area contributed by atoms with Gasteiger partial charge in [-0.2, -0.15) is 0 Å². The molecule has 1 aliphatic heterocycles. The van der Waals surface area contributed by atoms with Gasteiger partial charge in [-0.05, 0) is 31.9 Å². The highest BCUT2D eigenvalue weighted by atomic mass is 16.5. The molecular formula is C13H21N3O. The Balaban J connectivity index is 2.05. The second-order valence-electron chi connectivity index (χ2n) is 4.79. The number of hydrogen-bond acceptors (Lipinski definition) is 4. The molecule has 1 aliphatic rings. The van der Waals surface area contributed by atoms with Crippen molar-refractivity contribution < 1.29 is 4.74 Å². The molecule has 2 N–H and O–H groups in total. The van der Waals surface area contributed by atoms with Crippen molar-refractivity contribution in [1.82, 2.24) is 9.88 Å². The summed E-state index contributed by atoms with van der Waals surface area (Å²) in [5, 5.41) is 0. The summed E-state index contributed by atoms with van der Waals surface area (Å²) in [6, 6.07) is 4.63. The first-order valence-electron chi connectivity index (χ1n) is 6.16. The van der Waals surface area contributed by atoms with E-state index in [4.69, 9.17) is 10.5 Å². The van der Waals surface area contributed by atoms with Gasteiger partial charge in [0.15, 0.2) is 0 Å². The van der Waals surface area contributed by atoms with Gasteiger partial charge in [0.2, 0.25) is 5.88 Å². The number of nitrogens with two attached hydrogens (primary N) is 1. The molecule has 0 radical (unpaired) electrons. The molecule has 2 rings (SSSR count). The minimum atomic E-state index is 0.591. The number of ether oxygens (including phenoxy) is 1. The van der Waals surface area contributed by atoms with Gasteiger partial charge in [-0.25, -0.2) is 4.98 Å². The van der Waals surface area contributed by atoms with Gasteiger partial charge in [0.05, 0.1) is 7.11 Å². The van der Waals surface area contributed by atoms with E-state index in [0.29, 0.717) is 12.0 Å². The van der Waals surface area contributed by atoms with Gasteiger partial charge in [0, 0.05) is 30.9 Å². The Bertz CT molecular complexity index is 369. The fraction of sp³-hybridized carbons (Fsp3) is 0.615. The summed E-state index contributed by atoms with van der Waals surface area (Å²) >= 11 is 0. The minimum absolute atomic E-state index is 0.591. The largest absolute Gasteiger partial charge is 0.481 e. The van der Waals surface area contributed by atoms with Crippen molar-refractivity contribution in [2.45, 2.75) is 25.9 Å². The average molecular weight is 235 g/mol. The van der Waals surface area contributed by atoms with Crippen molar-refractivity contribution in [3.8, 4) is 5.88 Å². The fourth-order valence-electron chi connectivity index (χ4n) is 2.56. The zero-order valence-corrected chi connectivity index (χ0v) is 10.6. The van der Waals surface area contributed by atoms with E-state index in [1.54, 1.807) is 13.3 Å². The number of methoxy groups -OCH3 is 1. The van der Waals surface area contributed by atoms with Crippen molar-refractivity contribution in [3.05, 3.63) is 23.9 Å². The van der Waals surface area contributed by atoms with E-state index in [2.05, 4.69) is 22.9 Å². The maximum atomic E-state index is 5.74. The molecule has 2 heterocycles. The van der Waals surface area contributed by atoms with E-state index >= 15 is 0 Å². The Morgan fingerprint density at radius 1 is 1.59 bits per heavy atom. The summed E-state index contributed by atoms with van der Waals surface area (Å²) in [6.07, 6.45) is 2.96. The molecule has 1 saturated heterocycles. The van der Waals surface area contributed by atoms with Crippen LogP contribution in [0.15, 0.2) is 18.3 Å². The first-order chi connectivity index (χ1) is 8.24. The van der Waals surface area contributed by atoms with Crippen LogP contribution in [0.1, 0.15) is 18.9 Å². The molecule has 0 amide bonds. The SMILES string of the molecule is COc1ncccc1CN1CC(CN)CC1C. The highest BCUT2D eigenvalue weighted by Gasteiger charge is 2.28. The molecule has 94 valence electrons. The standard InChI is InChI=1S/C13H21N3O/c1-10-6-11(7-14)8-16(10)9-12-4-3-5-15-13(12)17-2/h3-5,10-11H,6-9,14H2,1-2H3. The summed E-state index contributed by atoms with van der Waals surface area (Å²) in [5.41, 5.74) is 6.90. The highest BCUT2D eigenvalue weighted by molar-refractivity contribution is 5.25. The molecule has 2 unspecified atom stereocenters. The van der Waals surface area contributed by atoms with E-state index in [1.807, 2.05) is 6.07 Å². The third-order valence-electron chi connectivity index (χ3n) is 3.54. The molecule has 4 heteroatoms. The first-order valence-corrected chi connectivity index (χ1v) is 6.16. The molecule has 0 aromatic carbocycles. The van der Waals surface area contributed by atoms with Crippen LogP contribution in [0, 0.1) is 5.92 Å². The van der Waals surface area contributed by atoms with Crippen LogP contribution in [0.3, 0.4) is 0 Å². The second-order valence-corrected chi connectivity index (χ2v) is 4.79. The van der Waals surface area contributed by atoms with Crippen LogP contribution in [0.4, 0.5) is 0 Å². The Labute approximate surface area is 103 Å². The van der Waals surface area contributed by atoms with Crippen molar-refractivity contribution in [3.63, 3.8) is 0 Å². The van der Waals surface area contributed by atoms with Crippen LogP contribution >= 0.6 is 0 Å². The number of pyridine rings is 1. The lowest BCUT2D eigenvalue weighted by molar-refractivity contribution is 0.250. The number of aromatic nitrogens is 1. The molecule has 0 spiro atoms. The Morgan fingerprint density at radius 2 is 2.41 bits per heavy atom. The number of nitrogens with zero attached hydrogens (tertiary/aromatic N) is 2. The normalized spacial score (nSPS) is 25.1. The second kappa shape index (κ2) is 5.47. The summed E-state index contributed by atoms with van der Waals surface area (Å²) in [4.78, 5) is 6.69. The van der Waals surface area contributed by atoms with Gasteiger partial charge in [0.25, 0.3) is 0 Å². The van der Waals surface area contributed by atoms with E-state index < -0.39 is 0 Å². The van der Waals surface area contributed by atoms with E-state index in [0.717, 1.165) is 31.1 Å². The zero-order valence-electron chi connectivity index (χ0n) is 10.6. The molecule has 0 bridgehead atoms. The fourth-order valence-corrected chi connectivity index (χ4v) is 2.56. The van der Waals surface area contributed by atoms with Crippen LogP contribution in [0.5, 0.6) is 5.88 Å². The molecule has 1 fully saturated rings. The van der Waals surface area contributed by atoms with Gasteiger partial charge in [-0.1, -0.05) is 6.07 Å². The zero-order chi connectivity index (χ0) is 12.3. The van der Waals surface area contributed by atoms with Gasteiger partial charge >= 0.3 is 0 Å². The lowest BCUT2D eigenvalue weighted by Crippen LogP contribution is -2.27. The van der Waals surface area contributed by atoms with E-state index in [1.165, 1.54) is 6.42 Å². The molecule has 0 saturated carbocycles. The van der Waals surface area contributed by atoms with Crippen molar-refractivity contribution in [1.29, 1.82) is 0 Å². The molecule has 1 aromatic rings. The van der Waals surface area contributed by atoms with Gasteiger partial charge in [-0.15, -0.1) is 0 Å². The van der Waals surface area contributed by atoms with Gasteiger partial charge < -0.3 is 10.5 Å². The lowest BCUT2D eigenvalue weighted by atomic mass is 10.1. The summed E-state index contributed by atoms with van der Waals surface area (Å²) < 4.78 is 5.28. The maximum absolute atomic E-state index is 5.74. The van der Waals surface area contributed by atoms with Gasteiger partial charge in [0.1, 0.15) is 0 Å². The topological polar surface area (TPSA) is 51.4 Å². The maximum Gasteiger partial charge on any atom is 0.217 e. The smallest absolute Gasteiger partial charge is 0.217 e. The predicted molar refractivity (Wildman–Crippen MR) is 67.8 cm³/mol. The molecule has 2 atom stereocenters. The van der Waals surface area contributed by atoms with E-state index in [9.17, 15) is 0 Å². The van der Waals surface area contributed by atoms with Crippen molar-refractivity contribution in [2.75, 3.05) is 20.2 Å². The lowest BCUT2D eigenvalue weighted by Gasteiger charge is -2.21. The van der Waals surface area contributed by atoms with Crippen LogP contribution in [-0.4, -0.2) is 36.1 Å². The Kier molecular flexibility index (Phi) is 3.97. The first kappa shape index (κ1) is 12.3. The predicted octanol–water partition coefficient (Wildman–Crippen LogP) is 1.26. The molecule has 17 heavy (non-hydrogen) atoms. The van der Waals surface area contributed by atoms with Gasteiger partial charge in [-0.3, -0.25) is 4.90 Å². The Morgan fingerprint density at radius 3 is 3.06 bits per heavy atom. The summed E-state index contributed by atoms with van der Waals surface area (Å²) in [6.45, 7) is 5.02. The molecule has 0 aliphatic carbocycles. The van der Waals surface area contributed by atoms with Crippen molar-refractivity contribution in [2.24, 2.45) is 11.7 Å².